The van der Waals surface area contributed by atoms with Gasteiger partial charge < -0.3 is 24.6 Å². The second-order valence-corrected chi connectivity index (χ2v) is 6.95. The zero-order chi connectivity index (χ0) is 21.0. The number of nitrogens with zero attached hydrogens (tertiary/aromatic N) is 2. The molecule has 3 N–H and O–H groups in total. The molecule has 1 atom stereocenters. The van der Waals surface area contributed by atoms with Crippen molar-refractivity contribution in [2.75, 3.05) is 5.73 Å². The molecule has 7 nitrogen and oxygen atoms in total. The first-order valence-corrected chi connectivity index (χ1v) is 9.83. The van der Waals surface area contributed by atoms with Crippen molar-refractivity contribution in [3.63, 3.8) is 0 Å². The molecule has 4 aromatic rings. The van der Waals surface area contributed by atoms with Crippen LogP contribution in [0.5, 0.6) is 0 Å². The van der Waals surface area contributed by atoms with Gasteiger partial charge in [-0.05, 0) is 35.9 Å². The molecule has 1 aromatic carbocycles. The van der Waals surface area contributed by atoms with Crippen LogP contribution in [0.25, 0.3) is 28.5 Å². The van der Waals surface area contributed by atoms with Crippen molar-refractivity contribution in [2.45, 2.75) is 12.8 Å². The number of nitrogens with one attached hydrogen (secondary N) is 1. The van der Waals surface area contributed by atoms with E-state index < -0.39 is 0 Å². The molecule has 3 aromatic heterocycles. The highest BCUT2D eigenvalue weighted by Gasteiger charge is 2.23. The molecule has 31 heavy (non-hydrogen) atoms. The van der Waals surface area contributed by atoms with E-state index in [9.17, 15) is 0 Å². The van der Waals surface area contributed by atoms with Gasteiger partial charge in [-0.25, -0.2) is 9.97 Å². The van der Waals surface area contributed by atoms with Gasteiger partial charge in [-0.2, -0.15) is 0 Å². The lowest BCUT2D eigenvalue weighted by molar-refractivity contribution is 0.0584. The van der Waals surface area contributed by atoms with E-state index in [2.05, 4.69) is 15.3 Å². The maximum atomic E-state index is 6.01. The highest BCUT2D eigenvalue weighted by Crippen LogP contribution is 2.37. The predicted octanol–water partition coefficient (Wildman–Crippen LogP) is 4.62. The summed E-state index contributed by atoms with van der Waals surface area (Å²) in [4.78, 5) is 8.91. The summed E-state index contributed by atoms with van der Waals surface area (Å²) in [7, 11) is 0. The SMILES string of the molecule is Nc1nc(-c2ccco2)c(C2=CNC(OCc3ccccc3)C=C2)c(-c2ccco2)n1. The molecule has 1 unspecified atom stereocenters. The van der Waals surface area contributed by atoms with Crippen molar-refractivity contribution < 1.29 is 13.6 Å². The fourth-order valence-corrected chi connectivity index (χ4v) is 3.42. The third kappa shape index (κ3) is 3.99. The third-order valence-corrected chi connectivity index (χ3v) is 4.85. The Morgan fingerprint density at radius 3 is 2.13 bits per heavy atom. The molecule has 5 rings (SSSR count). The Labute approximate surface area is 178 Å². The first kappa shape index (κ1) is 18.9. The Morgan fingerprint density at radius 1 is 0.903 bits per heavy atom. The summed E-state index contributed by atoms with van der Waals surface area (Å²) in [5.74, 6) is 1.32. The molecular weight excluding hydrogens is 392 g/mol. The second kappa shape index (κ2) is 8.33. The summed E-state index contributed by atoms with van der Waals surface area (Å²) < 4.78 is 17.2. The Morgan fingerprint density at radius 2 is 1.58 bits per heavy atom. The number of aromatic nitrogens is 2. The predicted molar refractivity (Wildman–Crippen MR) is 117 cm³/mol. The van der Waals surface area contributed by atoms with Crippen LogP contribution < -0.4 is 11.1 Å². The number of nitrogen functional groups attached to an aromatic ring is 1. The van der Waals surface area contributed by atoms with Crippen molar-refractivity contribution >= 4 is 11.5 Å². The van der Waals surface area contributed by atoms with Crippen LogP contribution in [0.3, 0.4) is 0 Å². The lowest BCUT2D eigenvalue weighted by atomic mass is 9.98. The number of dihydropyridines is 1. The molecule has 0 radical (unpaired) electrons. The molecule has 0 amide bonds. The van der Waals surface area contributed by atoms with Gasteiger partial charge in [0.05, 0.1) is 19.1 Å². The summed E-state index contributed by atoms with van der Waals surface area (Å²) in [5.41, 5.74) is 9.91. The first-order valence-electron chi connectivity index (χ1n) is 9.83. The minimum atomic E-state index is -0.252. The molecule has 7 heteroatoms. The van der Waals surface area contributed by atoms with Crippen molar-refractivity contribution in [2.24, 2.45) is 0 Å². The van der Waals surface area contributed by atoms with Gasteiger partial charge in [-0.3, -0.25) is 0 Å². The van der Waals surface area contributed by atoms with Gasteiger partial charge in [0.15, 0.2) is 11.5 Å². The quantitative estimate of drug-likeness (QED) is 0.477. The molecular formula is C24H20N4O3. The highest BCUT2D eigenvalue weighted by molar-refractivity contribution is 5.90. The Hall–Kier alpha value is -4.10. The number of hydrogen-bond acceptors (Lipinski definition) is 7. The second-order valence-electron chi connectivity index (χ2n) is 6.95. The van der Waals surface area contributed by atoms with E-state index in [1.54, 1.807) is 24.7 Å². The van der Waals surface area contributed by atoms with Crippen LogP contribution >= 0.6 is 0 Å². The first-order chi connectivity index (χ1) is 15.3. The smallest absolute Gasteiger partial charge is 0.221 e. The summed E-state index contributed by atoms with van der Waals surface area (Å²) in [6.07, 6.45) is 8.75. The van der Waals surface area contributed by atoms with E-state index in [1.807, 2.05) is 60.8 Å². The standard InChI is InChI=1S/C24H20N4O3/c25-24-27-22(18-8-4-12-29-18)21(23(28-24)19-9-5-13-30-19)17-10-11-20(26-14-17)31-15-16-6-2-1-3-7-16/h1-14,20,26H,15H2,(H2,25,27,28). The van der Waals surface area contributed by atoms with Crippen molar-refractivity contribution in [1.82, 2.24) is 15.3 Å². The van der Waals surface area contributed by atoms with E-state index in [0.717, 1.165) is 16.7 Å². The van der Waals surface area contributed by atoms with E-state index in [0.29, 0.717) is 29.5 Å². The number of ether oxygens (including phenoxy) is 1. The van der Waals surface area contributed by atoms with Crippen LogP contribution in [0.15, 0.2) is 94.3 Å². The molecule has 0 saturated carbocycles. The monoisotopic (exact) mass is 412 g/mol. The van der Waals surface area contributed by atoms with Crippen LogP contribution in [-0.2, 0) is 11.3 Å². The van der Waals surface area contributed by atoms with E-state index >= 15 is 0 Å². The van der Waals surface area contributed by atoms with Gasteiger partial charge in [0.2, 0.25) is 5.95 Å². The van der Waals surface area contributed by atoms with E-state index in [1.165, 1.54) is 0 Å². The van der Waals surface area contributed by atoms with E-state index in [-0.39, 0.29) is 12.2 Å². The molecule has 0 spiro atoms. The number of benzene rings is 1. The fraction of sp³-hybridized carbons (Fsp3) is 0.0833. The Bertz CT molecular complexity index is 1160. The van der Waals surface area contributed by atoms with Gasteiger partial charge in [0.25, 0.3) is 0 Å². The molecule has 0 saturated heterocycles. The minimum absolute atomic E-state index is 0.138. The third-order valence-electron chi connectivity index (χ3n) is 4.85. The zero-order valence-corrected chi connectivity index (χ0v) is 16.6. The number of rotatable bonds is 6. The number of hydrogen-bond donors (Lipinski definition) is 2. The minimum Gasteiger partial charge on any atom is -0.463 e. The van der Waals surface area contributed by atoms with Gasteiger partial charge >= 0.3 is 0 Å². The van der Waals surface area contributed by atoms with Crippen LogP contribution in [0.1, 0.15) is 11.1 Å². The van der Waals surface area contributed by atoms with Gasteiger partial charge in [-0.15, -0.1) is 0 Å². The van der Waals surface area contributed by atoms with Crippen LogP contribution in [-0.4, -0.2) is 16.2 Å². The summed E-state index contributed by atoms with van der Waals surface area (Å²) in [6, 6.07) is 17.3. The lowest BCUT2D eigenvalue weighted by Gasteiger charge is -2.21. The highest BCUT2D eigenvalue weighted by atomic mass is 16.5. The molecule has 1 aliphatic heterocycles. The van der Waals surface area contributed by atoms with E-state index in [4.69, 9.17) is 19.3 Å². The van der Waals surface area contributed by atoms with Crippen molar-refractivity contribution in [3.8, 4) is 22.9 Å². The zero-order valence-electron chi connectivity index (χ0n) is 16.6. The summed E-state index contributed by atoms with van der Waals surface area (Å²) in [6.45, 7) is 0.506. The van der Waals surface area contributed by atoms with Crippen LogP contribution in [0.2, 0.25) is 0 Å². The number of anilines is 1. The molecule has 0 fully saturated rings. The maximum absolute atomic E-state index is 6.01. The number of furan rings is 2. The topological polar surface area (TPSA) is 99.3 Å². The summed E-state index contributed by atoms with van der Waals surface area (Å²) in [5, 5.41) is 3.28. The number of nitrogens with two attached hydrogens (primary N) is 1. The van der Waals surface area contributed by atoms with Crippen molar-refractivity contribution in [3.05, 3.63) is 96.6 Å². The van der Waals surface area contributed by atoms with Gasteiger partial charge in [0.1, 0.15) is 17.6 Å². The largest absolute Gasteiger partial charge is 0.463 e. The van der Waals surface area contributed by atoms with Crippen molar-refractivity contribution in [1.29, 1.82) is 0 Å². The molecule has 0 aliphatic carbocycles. The van der Waals surface area contributed by atoms with Gasteiger partial charge in [0, 0.05) is 17.3 Å². The normalized spacial score (nSPS) is 15.5. The maximum Gasteiger partial charge on any atom is 0.221 e. The average Bonchev–Trinajstić information content (AvgIpc) is 3.53. The Balaban J connectivity index is 1.47. The molecule has 4 heterocycles. The van der Waals surface area contributed by atoms with Gasteiger partial charge in [-0.1, -0.05) is 36.4 Å². The summed E-state index contributed by atoms with van der Waals surface area (Å²) >= 11 is 0. The molecule has 0 bridgehead atoms. The number of allylic oxidation sites excluding steroid dienone is 2. The lowest BCUT2D eigenvalue weighted by Crippen LogP contribution is -2.27. The molecule has 1 aliphatic rings. The van der Waals surface area contributed by atoms with Crippen LogP contribution in [0.4, 0.5) is 5.95 Å². The average molecular weight is 412 g/mol. The fourth-order valence-electron chi connectivity index (χ4n) is 3.42. The molecule has 154 valence electrons. The Kier molecular flexibility index (Phi) is 5.08. The van der Waals surface area contributed by atoms with Crippen LogP contribution in [0, 0.1) is 0 Å².